The van der Waals surface area contributed by atoms with Gasteiger partial charge < -0.3 is 20.6 Å². The van der Waals surface area contributed by atoms with E-state index in [1.165, 1.54) is 6.07 Å². The van der Waals surface area contributed by atoms with Gasteiger partial charge in [0.05, 0.1) is 0 Å². The minimum atomic E-state index is -0.287. The fraction of sp³-hybridized carbons (Fsp3) is 0.625. The quantitative estimate of drug-likeness (QED) is 0.348. The van der Waals surface area contributed by atoms with Crippen molar-refractivity contribution in [2.24, 2.45) is 10.9 Å². The van der Waals surface area contributed by atoms with E-state index in [2.05, 4.69) is 20.6 Å². The molecule has 3 N–H and O–H groups in total. The van der Waals surface area contributed by atoms with Crippen LogP contribution in [-0.2, 0) is 0 Å². The molecule has 1 saturated heterocycles. The van der Waals surface area contributed by atoms with Crippen LogP contribution in [-0.4, -0.2) is 54.9 Å². The molecule has 0 aliphatic carbocycles. The zero-order valence-corrected chi connectivity index (χ0v) is 16.5. The average molecular weight is 451 g/mol. The molecule has 24 heavy (non-hydrogen) atoms. The van der Waals surface area contributed by atoms with E-state index in [1.54, 1.807) is 12.3 Å². The molecular formula is C16H27FIN5O. The van der Waals surface area contributed by atoms with Gasteiger partial charge in [-0.3, -0.25) is 4.99 Å². The number of aliphatic hydroxyl groups excluding tert-OH is 1. The van der Waals surface area contributed by atoms with Crippen LogP contribution in [0.25, 0.3) is 0 Å². The molecule has 8 heteroatoms. The van der Waals surface area contributed by atoms with Crippen LogP contribution in [0.4, 0.5) is 10.2 Å². The molecule has 2 heterocycles. The third-order valence-electron chi connectivity index (χ3n) is 3.78. The number of pyridine rings is 1. The van der Waals surface area contributed by atoms with Gasteiger partial charge in [-0.15, -0.1) is 24.0 Å². The Labute approximate surface area is 160 Å². The highest BCUT2D eigenvalue weighted by molar-refractivity contribution is 14.0. The Morgan fingerprint density at radius 3 is 3.04 bits per heavy atom. The van der Waals surface area contributed by atoms with Gasteiger partial charge in [-0.25, -0.2) is 9.37 Å². The summed E-state index contributed by atoms with van der Waals surface area (Å²) >= 11 is 0. The van der Waals surface area contributed by atoms with Crippen molar-refractivity contribution in [2.45, 2.75) is 26.3 Å². The first-order chi connectivity index (χ1) is 11.1. The molecule has 0 saturated carbocycles. The van der Waals surface area contributed by atoms with Gasteiger partial charge in [-0.05, 0) is 31.4 Å². The Morgan fingerprint density at radius 1 is 1.58 bits per heavy atom. The van der Waals surface area contributed by atoms with Crippen LogP contribution in [0.3, 0.4) is 0 Å². The van der Waals surface area contributed by atoms with E-state index in [0.717, 1.165) is 25.5 Å². The van der Waals surface area contributed by atoms with Gasteiger partial charge in [0.2, 0.25) is 0 Å². The van der Waals surface area contributed by atoms with Crippen LogP contribution in [0.5, 0.6) is 0 Å². The van der Waals surface area contributed by atoms with Crippen molar-refractivity contribution in [1.29, 1.82) is 0 Å². The normalized spacial score (nSPS) is 18.9. The van der Waals surface area contributed by atoms with Gasteiger partial charge in [0.1, 0.15) is 0 Å². The summed E-state index contributed by atoms with van der Waals surface area (Å²) in [6.07, 6.45) is 2.51. The van der Waals surface area contributed by atoms with Gasteiger partial charge in [0.15, 0.2) is 17.6 Å². The van der Waals surface area contributed by atoms with Crippen molar-refractivity contribution < 1.29 is 9.50 Å². The van der Waals surface area contributed by atoms with Crippen LogP contribution >= 0.6 is 24.0 Å². The van der Waals surface area contributed by atoms with Crippen molar-refractivity contribution in [3.05, 3.63) is 24.1 Å². The monoisotopic (exact) mass is 451 g/mol. The topological polar surface area (TPSA) is 72.8 Å². The highest BCUT2D eigenvalue weighted by Gasteiger charge is 2.25. The molecule has 0 amide bonds. The van der Waals surface area contributed by atoms with Gasteiger partial charge in [0.25, 0.3) is 0 Å². The molecule has 0 aromatic carbocycles. The van der Waals surface area contributed by atoms with Gasteiger partial charge in [0, 0.05) is 45.0 Å². The lowest BCUT2D eigenvalue weighted by molar-refractivity contribution is 0.241. The lowest BCUT2D eigenvalue weighted by Crippen LogP contribution is -2.45. The summed E-state index contributed by atoms with van der Waals surface area (Å²) in [6.45, 7) is 6.87. The molecule has 0 radical (unpaired) electrons. The maximum Gasteiger partial charge on any atom is 0.191 e. The van der Waals surface area contributed by atoms with Crippen molar-refractivity contribution >= 4 is 35.8 Å². The summed E-state index contributed by atoms with van der Waals surface area (Å²) in [5.74, 6) is 0.993. The zero-order chi connectivity index (χ0) is 16.7. The Kier molecular flexibility index (Phi) is 9.27. The number of halogens is 2. The predicted octanol–water partition coefficient (Wildman–Crippen LogP) is 1.60. The number of hydrogen-bond donors (Lipinski definition) is 3. The first-order valence-electron chi connectivity index (χ1n) is 8.15. The minimum absolute atomic E-state index is 0. The standard InChI is InChI=1S/C16H26FN5O.HI/c1-3-18-16(20-9-12(2)11-23)21-13-6-8-22(10-13)15-14(17)5-4-7-19-15;/h4-5,7,12-13,23H,3,6,8-11H2,1-2H3,(H2,18,20,21);1H. The highest BCUT2D eigenvalue weighted by Crippen LogP contribution is 2.20. The number of rotatable bonds is 6. The molecular weight excluding hydrogens is 424 g/mol. The number of aliphatic imine (C=N–C) groups is 1. The third kappa shape index (κ3) is 6.04. The fourth-order valence-electron chi connectivity index (χ4n) is 2.50. The number of nitrogens with one attached hydrogen (secondary N) is 2. The number of nitrogens with zero attached hydrogens (tertiary/aromatic N) is 3. The van der Waals surface area contributed by atoms with Crippen LogP contribution in [0.1, 0.15) is 20.3 Å². The SMILES string of the molecule is CCNC(=NCC(C)CO)NC1CCN(c2ncccc2F)C1.I. The van der Waals surface area contributed by atoms with E-state index in [1.807, 2.05) is 18.7 Å². The molecule has 1 aromatic rings. The average Bonchev–Trinajstić information content (AvgIpc) is 3.01. The second-order valence-corrected chi connectivity index (χ2v) is 5.89. The number of anilines is 1. The number of hydrogen-bond acceptors (Lipinski definition) is 4. The molecule has 2 rings (SSSR count). The Bertz CT molecular complexity index is 531. The Morgan fingerprint density at radius 2 is 2.38 bits per heavy atom. The summed E-state index contributed by atoms with van der Waals surface area (Å²) in [5, 5.41) is 15.7. The van der Waals surface area contributed by atoms with Crippen LogP contribution in [0.2, 0.25) is 0 Å². The van der Waals surface area contributed by atoms with Gasteiger partial charge in [-0.2, -0.15) is 0 Å². The smallest absolute Gasteiger partial charge is 0.191 e. The Balaban J connectivity index is 0.00000288. The van der Waals surface area contributed by atoms with Crippen LogP contribution in [0, 0.1) is 11.7 Å². The van der Waals surface area contributed by atoms with Gasteiger partial charge >= 0.3 is 0 Å². The zero-order valence-electron chi connectivity index (χ0n) is 14.2. The maximum atomic E-state index is 13.8. The lowest BCUT2D eigenvalue weighted by Gasteiger charge is -2.20. The predicted molar refractivity (Wildman–Crippen MR) is 106 cm³/mol. The number of aromatic nitrogens is 1. The van der Waals surface area contributed by atoms with Crippen LogP contribution < -0.4 is 15.5 Å². The summed E-state index contributed by atoms with van der Waals surface area (Å²) in [5.41, 5.74) is 0. The van der Waals surface area contributed by atoms with E-state index in [9.17, 15) is 4.39 Å². The second kappa shape index (κ2) is 10.7. The van der Waals surface area contributed by atoms with Crippen LogP contribution in [0.15, 0.2) is 23.3 Å². The third-order valence-corrected chi connectivity index (χ3v) is 3.78. The molecule has 1 aromatic heterocycles. The molecule has 0 bridgehead atoms. The van der Waals surface area contributed by atoms with E-state index >= 15 is 0 Å². The van der Waals surface area contributed by atoms with E-state index in [-0.39, 0.29) is 48.4 Å². The fourth-order valence-corrected chi connectivity index (χ4v) is 2.50. The molecule has 2 unspecified atom stereocenters. The molecule has 1 aliphatic rings. The molecule has 0 spiro atoms. The largest absolute Gasteiger partial charge is 0.396 e. The first-order valence-corrected chi connectivity index (χ1v) is 8.15. The summed E-state index contributed by atoms with van der Waals surface area (Å²) in [4.78, 5) is 10.6. The number of aliphatic hydroxyl groups is 1. The van der Waals surface area contributed by atoms with E-state index in [0.29, 0.717) is 18.9 Å². The second-order valence-electron chi connectivity index (χ2n) is 5.89. The first kappa shape index (κ1) is 20.9. The number of guanidine groups is 1. The molecule has 136 valence electrons. The van der Waals surface area contributed by atoms with Crippen molar-refractivity contribution in [2.75, 3.05) is 37.7 Å². The van der Waals surface area contributed by atoms with E-state index < -0.39 is 0 Å². The van der Waals surface area contributed by atoms with Crippen molar-refractivity contribution in [1.82, 2.24) is 15.6 Å². The summed E-state index contributed by atoms with van der Waals surface area (Å²) < 4.78 is 13.8. The molecule has 2 atom stereocenters. The molecule has 1 fully saturated rings. The minimum Gasteiger partial charge on any atom is -0.396 e. The highest BCUT2D eigenvalue weighted by atomic mass is 127. The van der Waals surface area contributed by atoms with E-state index in [4.69, 9.17) is 5.11 Å². The molecule has 1 aliphatic heterocycles. The Hall–Kier alpha value is -1.16. The lowest BCUT2D eigenvalue weighted by atomic mass is 10.2. The maximum absolute atomic E-state index is 13.8. The van der Waals surface area contributed by atoms with Crippen molar-refractivity contribution in [3.63, 3.8) is 0 Å². The molecule has 6 nitrogen and oxygen atoms in total. The van der Waals surface area contributed by atoms with Gasteiger partial charge in [-0.1, -0.05) is 6.92 Å². The van der Waals surface area contributed by atoms with Crippen molar-refractivity contribution in [3.8, 4) is 0 Å². The summed E-state index contributed by atoms with van der Waals surface area (Å²) in [6, 6.07) is 3.23. The summed E-state index contributed by atoms with van der Waals surface area (Å²) in [7, 11) is 0.